The maximum Gasteiger partial charge on any atom is 0.226 e. The molecule has 3 heterocycles. The van der Waals surface area contributed by atoms with E-state index in [2.05, 4.69) is 21.3 Å². The van der Waals surface area contributed by atoms with E-state index >= 15 is 0 Å². The lowest BCUT2D eigenvalue weighted by Crippen LogP contribution is -2.56. The van der Waals surface area contributed by atoms with Crippen LogP contribution >= 0.6 is 0 Å². The Morgan fingerprint density at radius 1 is 1.29 bits per heavy atom. The minimum Gasteiger partial charge on any atom is -0.497 e. The average Bonchev–Trinajstić information content (AvgIpc) is 2.68. The standard InChI is InChI=1S/C21H26N4O3/c1-27-19-4-2-3-15(10-19)9-18-11-22-12-20(23-18)25-13-16(14-25)21(26)24-17-5-7-28-8-6-17/h2-4,10-12,16-17H,5-9,13-14H2,1H3,(H,24,26). The van der Waals surface area contributed by atoms with Crippen LogP contribution in [0.1, 0.15) is 24.1 Å². The largest absolute Gasteiger partial charge is 0.497 e. The Labute approximate surface area is 165 Å². The Kier molecular flexibility index (Phi) is 5.71. The number of anilines is 1. The molecular weight excluding hydrogens is 356 g/mol. The van der Waals surface area contributed by atoms with Crippen LogP contribution in [-0.2, 0) is 16.0 Å². The highest BCUT2D eigenvalue weighted by Gasteiger charge is 2.34. The Balaban J connectivity index is 1.32. The Morgan fingerprint density at radius 2 is 2.11 bits per heavy atom. The number of hydrogen-bond donors (Lipinski definition) is 1. The van der Waals surface area contributed by atoms with Crippen LogP contribution in [0.15, 0.2) is 36.7 Å². The molecule has 28 heavy (non-hydrogen) atoms. The SMILES string of the molecule is COc1cccc(Cc2cncc(N3CC(C(=O)NC4CCOCC4)C3)n2)c1. The summed E-state index contributed by atoms with van der Waals surface area (Å²) in [5, 5.41) is 3.15. The Hall–Kier alpha value is -2.67. The summed E-state index contributed by atoms with van der Waals surface area (Å²) < 4.78 is 10.6. The molecule has 2 saturated heterocycles. The molecule has 2 fully saturated rings. The molecular formula is C21H26N4O3. The highest BCUT2D eigenvalue weighted by Crippen LogP contribution is 2.24. The van der Waals surface area contributed by atoms with Gasteiger partial charge in [0.2, 0.25) is 5.91 Å². The molecule has 148 valence electrons. The minimum atomic E-state index is 0.0201. The molecule has 1 aromatic heterocycles. The Morgan fingerprint density at radius 3 is 2.89 bits per heavy atom. The molecule has 2 aliphatic rings. The highest BCUT2D eigenvalue weighted by molar-refractivity contribution is 5.82. The maximum absolute atomic E-state index is 12.4. The second kappa shape index (κ2) is 8.56. The van der Waals surface area contributed by atoms with Gasteiger partial charge >= 0.3 is 0 Å². The van der Waals surface area contributed by atoms with E-state index in [4.69, 9.17) is 14.5 Å². The van der Waals surface area contributed by atoms with Gasteiger partial charge in [0.1, 0.15) is 11.6 Å². The quantitative estimate of drug-likeness (QED) is 0.821. The van der Waals surface area contributed by atoms with Crippen LogP contribution in [0.4, 0.5) is 5.82 Å². The molecule has 0 unspecified atom stereocenters. The number of aromatic nitrogens is 2. The van der Waals surface area contributed by atoms with Crippen molar-refractivity contribution >= 4 is 11.7 Å². The fourth-order valence-corrected chi connectivity index (χ4v) is 3.62. The third kappa shape index (κ3) is 4.42. The number of methoxy groups -OCH3 is 1. The zero-order valence-corrected chi connectivity index (χ0v) is 16.1. The zero-order valence-electron chi connectivity index (χ0n) is 16.1. The van der Waals surface area contributed by atoms with Crippen molar-refractivity contribution in [3.63, 3.8) is 0 Å². The van der Waals surface area contributed by atoms with Gasteiger partial charge in [-0.3, -0.25) is 9.78 Å². The number of carbonyl (C=O) groups excluding carboxylic acids is 1. The van der Waals surface area contributed by atoms with Crippen LogP contribution in [0.3, 0.4) is 0 Å². The number of nitrogens with one attached hydrogen (secondary N) is 1. The van der Waals surface area contributed by atoms with E-state index in [1.165, 1.54) is 0 Å². The minimum absolute atomic E-state index is 0.0201. The number of amides is 1. The second-order valence-electron chi connectivity index (χ2n) is 7.39. The third-order valence-corrected chi connectivity index (χ3v) is 5.34. The lowest BCUT2D eigenvalue weighted by atomic mass is 9.98. The van der Waals surface area contributed by atoms with Crippen molar-refractivity contribution in [2.45, 2.75) is 25.3 Å². The number of nitrogens with zero attached hydrogens (tertiary/aromatic N) is 3. The summed E-state index contributed by atoms with van der Waals surface area (Å²) in [7, 11) is 1.66. The van der Waals surface area contributed by atoms with Crippen molar-refractivity contribution in [2.75, 3.05) is 38.3 Å². The molecule has 1 amide bonds. The Bertz CT molecular complexity index is 817. The van der Waals surface area contributed by atoms with Crippen LogP contribution < -0.4 is 15.0 Å². The number of benzene rings is 1. The van der Waals surface area contributed by atoms with E-state index in [9.17, 15) is 4.79 Å². The van der Waals surface area contributed by atoms with Crippen LogP contribution in [0.25, 0.3) is 0 Å². The van der Waals surface area contributed by atoms with Gasteiger partial charge in [0, 0.05) is 45.0 Å². The van der Waals surface area contributed by atoms with Crippen molar-refractivity contribution < 1.29 is 14.3 Å². The normalized spacial score (nSPS) is 17.8. The van der Waals surface area contributed by atoms with Crippen LogP contribution in [0.2, 0.25) is 0 Å². The first kappa shape index (κ1) is 18.7. The van der Waals surface area contributed by atoms with Crippen LogP contribution in [0.5, 0.6) is 5.75 Å². The molecule has 4 rings (SSSR count). The predicted molar refractivity (Wildman–Crippen MR) is 106 cm³/mol. The molecule has 2 aromatic rings. The van der Waals surface area contributed by atoms with Crippen molar-refractivity contribution in [1.82, 2.24) is 15.3 Å². The van der Waals surface area contributed by atoms with Gasteiger partial charge in [0.05, 0.1) is 24.9 Å². The molecule has 2 aliphatic heterocycles. The topological polar surface area (TPSA) is 76.6 Å². The summed E-state index contributed by atoms with van der Waals surface area (Å²) in [5.41, 5.74) is 2.03. The second-order valence-corrected chi connectivity index (χ2v) is 7.39. The van der Waals surface area contributed by atoms with Gasteiger partial charge in [-0.15, -0.1) is 0 Å². The fraction of sp³-hybridized carbons (Fsp3) is 0.476. The van der Waals surface area contributed by atoms with Crippen LogP contribution in [0, 0.1) is 5.92 Å². The monoisotopic (exact) mass is 382 g/mol. The van der Waals surface area contributed by atoms with E-state index in [0.29, 0.717) is 19.5 Å². The molecule has 7 heteroatoms. The molecule has 0 aliphatic carbocycles. The summed E-state index contributed by atoms with van der Waals surface area (Å²) in [5.74, 6) is 1.83. The maximum atomic E-state index is 12.4. The van der Waals surface area contributed by atoms with Gasteiger partial charge in [0.15, 0.2) is 0 Å². The summed E-state index contributed by atoms with van der Waals surface area (Å²) in [6, 6.07) is 8.22. The number of rotatable bonds is 6. The van der Waals surface area contributed by atoms with Gasteiger partial charge in [-0.25, -0.2) is 4.98 Å². The van der Waals surface area contributed by atoms with Gasteiger partial charge < -0.3 is 19.7 Å². The fourth-order valence-electron chi connectivity index (χ4n) is 3.62. The predicted octanol–water partition coefficient (Wildman–Crippen LogP) is 1.81. The van der Waals surface area contributed by atoms with Crippen LogP contribution in [-0.4, -0.2) is 55.3 Å². The molecule has 0 atom stereocenters. The molecule has 0 saturated carbocycles. The zero-order chi connectivity index (χ0) is 19.3. The summed E-state index contributed by atoms with van der Waals surface area (Å²) in [4.78, 5) is 23.6. The lowest BCUT2D eigenvalue weighted by Gasteiger charge is -2.39. The van der Waals surface area contributed by atoms with E-state index in [-0.39, 0.29) is 17.9 Å². The summed E-state index contributed by atoms with van der Waals surface area (Å²) in [6.45, 7) is 2.84. The van der Waals surface area contributed by atoms with Gasteiger partial charge in [-0.1, -0.05) is 12.1 Å². The molecule has 1 aromatic carbocycles. The van der Waals surface area contributed by atoms with Gasteiger partial charge in [-0.2, -0.15) is 0 Å². The third-order valence-electron chi connectivity index (χ3n) is 5.34. The highest BCUT2D eigenvalue weighted by atomic mass is 16.5. The molecule has 7 nitrogen and oxygen atoms in total. The van der Waals surface area contributed by atoms with Crippen molar-refractivity contribution in [1.29, 1.82) is 0 Å². The number of carbonyl (C=O) groups is 1. The van der Waals surface area contributed by atoms with E-state index in [1.54, 1.807) is 19.5 Å². The van der Waals surface area contributed by atoms with Gasteiger partial charge in [-0.05, 0) is 30.5 Å². The van der Waals surface area contributed by atoms with E-state index in [0.717, 1.165) is 48.9 Å². The van der Waals surface area contributed by atoms with E-state index < -0.39 is 0 Å². The van der Waals surface area contributed by atoms with E-state index in [1.807, 2.05) is 18.2 Å². The molecule has 0 bridgehead atoms. The first-order valence-corrected chi connectivity index (χ1v) is 9.78. The smallest absolute Gasteiger partial charge is 0.226 e. The number of hydrogen-bond acceptors (Lipinski definition) is 6. The summed E-state index contributed by atoms with van der Waals surface area (Å²) in [6.07, 6.45) is 6.05. The first-order chi connectivity index (χ1) is 13.7. The van der Waals surface area contributed by atoms with Crippen molar-refractivity contribution in [2.24, 2.45) is 5.92 Å². The van der Waals surface area contributed by atoms with Crippen molar-refractivity contribution in [3.8, 4) is 5.75 Å². The van der Waals surface area contributed by atoms with Gasteiger partial charge in [0.25, 0.3) is 0 Å². The molecule has 0 radical (unpaired) electrons. The van der Waals surface area contributed by atoms with Crippen molar-refractivity contribution in [3.05, 3.63) is 47.9 Å². The number of ether oxygens (including phenoxy) is 2. The average molecular weight is 382 g/mol. The molecule has 0 spiro atoms. The summed E-state index contributed by atoms with van der Waals surface area (Å²) >= 11 is 0. The first-order valence-electron chi connectivity index (χ1n) is 9.78. The molecule has 1 N–H and O–H groups in total. The lowest BCUT2D eigenvalue weighted by molar-refractivity contribution is -0.127.